The van der Waals surface area contributed by atoms with E-state index in [-0.39, 0.29) is 51.7 Å². The van der Waals surface area contributed by atoms with E-state index in [4.69, 9.17) is 28.8 Å². The zero-order valence-corrected chi connectivity index (χ0v) is 22.6. The lowest BCUT2D eigenvalue weighted by Crippen LogP contribution is -2.40. The standard InChI is InChI=1S/C23H32ClN9O4S/c1-14(34)3-2-10-28-38(36,37)17-6-4-15(5-7-17)13-33-11-8-16(9-12-33)29-23(27)32-22(35)18-20(25)31-21(26)19(24)30-18/h4-7,16,28H,2-3,8-13H2,1H3,(H4,25,26,31)(H3,27,29,32,35). The summed E-state index contributed by atoms with van der Waals surface area (Å²) in [6.45, 7) is 3.85. The number of anilines is 2. The topological polar surface area (TPSA) is 212 Å². The lowest BCUT2D eigenvalue weighted by Gasteiger charge is -2.30. The van der Waals surface area contributed by atoms with Crippen LogP contribution in [-0.4, -0.2) is 66.6 Å². The number of hydrogen-bond acceptors (Lipinski definition) is 10. The SMILES string of the molecule is CC(=O)CCCNS(=O)(=O)c1ccc(CN2CCC(N=C(N)NC(=O)c3nc(Cl)c(N)nc3N)CC2)cc1. The summed E-state index contributed by atoms with van der Waals surface area (Å²) in [4.78, 5) is 37.8. The van der Waals surface area contributed by atoms with Crippen molar-refractivity contribution < 1.29 is 18.0 Å². The number of carbonyl (C=O) groups is 2. The number of halogens is 1. The molecule has 8 N–H and O–H groups in total. The zero-order chi connectivity index (χ0) is 27.9. The molecule has 15 heteroatoms. The Hall–Kier alpha value is -3.33. The van der Waals surface area contributed by atoms with Crippen molar-refractivity contribution in [1.29, 1.82) is 0 Å². The third kappa shape index (κ3) is 8.34. The van der Waals surface area contributed by atoms with Gasteiger partial charge in [0.25, 0.3) is 5.91 Å². The van der Waals surface area contributed by atoms with Gasteiger partial charge in [-0.2, -0.15) is 0 Å². The number of nitrogens with zero attached hydrogens (tertiary/aromatic N) is 4. The molecule has 0 bridgehead atoms. The third-order valence-corrected chi connectivity index (χ3v) is 7.63. The number of aromatic nitrogens is 2. The lowest BCUT2D eigenvalue weighted by molar-refractivity contribution is -0.117. The number of amides is 1. The first-order valence-corrected chi connectivity index (χ1v) is 13.8. The summed E-state index contributed by atoms with van der Waals surface area (Å²) >= 11 is 5.81. The number of benzene rings is 1. The summed E-state index contributed by atoms with van der Waals surface area (Å²) in [5.74, 6) is -0.969. The fraction of sp³-hybridized carbons (Fsp3) is 0.435. The maximum atomic E-state index is 12.4. The predicted octanol–water partition coefficient (Wildman–Crippen LogP) is 0.651. The van der Waals surface area contributed by atoms with E-state index in [0.717, 1.165) is 31.5 Å². The number of nitrogens with two attached hydrogens (primary N) is 3. The average Bonchev–Trinajstić information content (AvgIpc) is 2.85. The summed E-state index contributed by atoms with van der Waals surface area (Å²) < 4.78 is 27.3. The minimum absolute atomic E-state index is 0.0284. The van der Waals surface area contributed by atoms with Gasteiger partial charge in [0.05, 0.1) is 10.9 Å². The van der Waals surface area contributed by atoms with Gasteiger partial charge < -0.3 is 22.0 Å². The van der Waals surface area contributed by atoms with Crippen LogP contribution in [-0.2, 0) is 21.4 Å². The van der Waals surface area contributed by atoms with Gasteiger partial charge in [0.2, 0.25) is 10.0 Å². The van der Waals surface area contributed by atoms with Crippen LogP contribution < -0.4 is 27.2 Å². The Balaban J connectivity index is 1.47. The first-order valence-electron chi connectivity index (χ1n) is 12.0. The molecule has 1 aliphatic heterocycles. The molecule has 0 saturated carbocycles. The molecular weight excluding hydrogens is 534 g/mol. The van der Waals surface area contributed by atoms with Gasteiger partial charge in [-0.1, -0.05) is 23.7 Å². The van der Waals surface area contributed by atoms with E-state index in [2.05, 4.69) is 29.9 Å². The molecule has 1 aromatic heterocycles. The quantitative estimate of drug-likeness (QED) is 0.154. The minimum atomic E-state index is -3.62. The van der Waals surface area contributed by atoms with Crippen molar-refractivity contribution in [3.63, 3.8) is 0 Å². The highest BCUT2D eigenvalue weighted by Crippen LogP contribution is 2.19. The number of ketones is 1. The van der Waals surface area contributed by atoms with Gasteiger partial charge in [-0.15, -0.1) is 0 Å². The highest BCUT2D eigenvalue weighted by Gasteiger charge is 2.21. The number of likely N-dealkylation sites (tertiary alicyclic amines) is 1. The zero-order valence-electron chi connectivity index (χ0n) is 21.0. The molecule has 1 amide bonds. The largest absolute Gasteiger partial charge is 0.382 e. The fourth-order valence-corrected chi connectivity index (χ4v) is 5.08. The monoisotopic (exact) mass is 565 g/mol. The summed E-state index contributed by atoms with van der Waals surface area (Å²) in [6.07, 6.45) is 2.26. The molecule has 13 nitrogen and oxygen atoms in total. The van der Waals surface area contributed by atoms with Crippen LogP contribution >= 0.6 is 11.6 Å². The molecule has 1 saturated heterocycles. The van der Waals surface area contributed by atoms with Crippen molar-refractivity contribution >= 4 is 50.9 Å². The van der Waals surface area contributed by atoms with Crippen LogP contribution in [0.25, 0.3) is 0 Å². The fourth-order valence-electron chi connectivity index (χ4n) is 3.88. The average molecular weight is 566 g/mol. The van der Waals surface area contributed by atoms with Crippen LogP contribution in [0.5, 0.6) is 0 Å². The summed E-state index contributed by atoms with van der Waals surface area (Å²) in [5, 5.41) is 2.31. The van der Waals surface area contributed by atoms with Crippen LogP contribution in [0.4, 0.5) is 11.6 Å². The Kier molecular flexibility index (Phi) is 9.96. The van der Waals surface area contributed by atoms with E-state index in [9.17, 15) is 18.0 Å². The molecule has 206 valence electrons. The molecule has 1 aromatic carbocycles. The molecule has 2 heterocycles. The molecule has 0 aliphatic carbocycles. The van der Waals surface area contributed by atoms with Crippen molar-refractivity contribution in [2.24, 2.45) is 10.7 Å². The van der Waals surface area contributed by atoms with Crippen molar-refractivity contribution in [2.75, 3.05) is 31.1 Å². The predicted molar refractivity (Wildman–Crippen MR) is 145 cm³/mol. The number of nitrogens with one attached hydrogen (secondary N) is 2. The van der Waals surface area contributed by atoms with Gasteiger partial charge in [0, 0.05) is 32.6 Å². The van der Waals surface area contributed by atoms with Gasteiger partial charge in [0.15, 0.2) is 28.4 Å². The number of aliphatic imine (C=N–C) groups is 1. The molecule has 0 atom stereocenters. The van der Waals surface area contributed by atoms with Gasteiger partial charge in [0.1, 0.15) is 5.78 Å². The van der Waals surface area contributed by atoms with Crippen LogP contribution in [0, 0.1) is 0 Å². The molecule has 2 aromatic rings. The lowest BCUT2D eigenvalue weighted by atomic mass is 10.0. The highest BCUT2D eigenvalue weighted by molar-refractivity contribution is 7.89. The maximum Gasteiger partial charge on any atom is 0.280 e. The van der Waals surface area contributed by atoms with E-state index >= 15 is 0 Å². The maximum absolute atomic E-state index is 12.4. The normalized spacial score (nSPS) is 15.4. The van der Waals surface area contributed by atoms with E-state index in [1.165, 1.54) is 6.92 Å². The van der Waals surface area contributed by atoms with Crippen molar-refractivity contribution in [2.45, 2.75) is 50.1 Å². The number of sulfonamides is 1. The Morgan fingerprint density at radius 2 is 1.79 bits per heavy atom. The first kappa shape index (κ1) is 29.2. The van der Waals surface area contributed by atoms with E-state index in [0.29, 0.717) is 19.4 Å². The molecule has 1 fully saturated rings. The van der Waals surface area contributed by atoms with E-state index in [1.54, 1.807) is 24.3 Å². The Labute approximate surface area is 226 Å². The number of hydrogen-bond donors (Lipinski definition) is 5. The number of rotatable bonds is 10. The summed E-state index contributed by atoms with van der Waals surface area (Å²) in [6, 6.07) is 6.66. The van der Waals surface area contributed by atoms with Gasteiger partial charge in [-0.05, 0) is 43.9 Å². The second-order valence-electron chi connectivity index (χ2n) is 8.96. The van der Waals surface area contributed by atoms with Crippen LogP contribution in [0.3, 0.4) is 0 Å². The second kappa shape index (κ2) is 13.0. The highest BCUT2D eigenvalue weighted by atomic mass is 35.5. The number of carbonyl (C=O) groups excluding carboxylic acids is 2. The molecule has 38 heavy (non-hydrogen) atoms. The minimum Gasteiger partial charge on any atom is -0.382 e. The molecular formula is C23H32ClN9O4S. The number of Topliss-reactive ketones (excluding diaryl/α,β-unsaturated/α-hetero) is 1. The Morgan fingerprint density at radius 3 is 2.42 bits per heavy atom. The van der Waals surface area contributed by atoms with Gasteiger partial charge in [-0.3, -0.25) is 15.0 Å². The number of nitrogen functional groups attached to an aromatic ring is 2. The number of piperidine rings is 1. The smallest absolute Gasteiger partial charge is 0.280 e. The number of guanidine groups is 1. The van der Waals surface area contributed by atoms with Crippen molar-refractivity contribution in [3.8, 4) is 0 Å². The molecule has 1 aliphatic rings. The molecule has 0 spiro atoms. The van der Waals surface area contributed by atoms with Crippen LogP contribution in [0.1, 0.15) is 48.7 Å². The van der Waals surface area contributed by atoms with Crippen molar-refractivity contribution in [1.82, 2.24) is 24.9 Å². The third-order valence-electron chi connectivity index (χ3n) is 5.88. The van der Waals surface area contributed by atoms with Crippen molar-refractivity contribution in [3.05, 3.63) is 40.7 Å². The summed E-state index contributed by atoms with van der Waals surface area (Å²) in [5.41, 5.74) is 17.9. The van der Waals surface area contributed by atoms with Gasteiger partial charge in [-0.25, -0.2) is 28.1 Å². The van der Waals surface area contributed by atoms with Crippen LogP contribution in [0.15, 0.2) is 34.2 Å². The Bertz CT molecular complexity index is 1290. The van der Waals surface area contributed by atoms with Crippen LogP contribution in [0.2, 0.25) is 5.15 Å². The molecule has 3 rings (SSSR count). The first-order chi connectivity index (χ1) is 17.9. The summed E-state index contributed by atoms with van der Waals surface area (Å²) in [7, 11) is -3.62. The molecule has 0 radical (unpaired) electrons. The second-order valence-corrected chi connectivity index (χ2v) is 11.1. The van der Waals surface area contributed by atoms with E-state index < -0.39 is 15.9 Å². The van der Waals surface area contributed by atoms with Gasteiger partial charge >= 0.3 is 0 Å². The molecule has 0 unspecified atom stereocenters. The Morgan fingerprint density at radius 1 is 1.13 bits per heavy atom. The van der Waals surface area contributed by atoms with E-state index in [1.807, 2.05) is 0 Å².